The fraction of sp³-hybridized carbons (Fsp3) is 0.261. The van der Waals surface area contributed by atoms with Crippen molar-refractivity contribution in [3.63, 3.8) is 0 Å². The number of rotatable bonds is 6. The van der Waals surface area contributed by atoms with Gasteiger partial charge in [-0.1, -0.05) is 53.5 Å². The highest BCUT2D eigenvalue weighted by Crippen LogP contribution is 2.36. The van der Waals surface area contributed by atoms with Crippen LogP contribution in [0.15, 0.2) is 54.9 Å². The number of aromatic amines is 1. The van der Waals surface area contributed by atoms with E-state index in [1.807, 2.05) is 18.2 Å². The topological polar surface area (TPSA) is 69.7 Å². The molecule has 0 aliphatic carbocycles. The van der Waals surface area contributed by atoms with E-state index in [-0.39, 0.29) is 6.04 Å². The van der Waals surface area contributed by atoms with Crippen LogP contribution in [0.5, 0.6) is 0 Å². The van der Waals surface area contributed by atoms with Gasteiger partial charge in [0.25, 0.3) is 0 Å². The van der Waals surface area contributed by atoms with Gasteiger partial charge in [0.05, 0.1) is 27.1 Å². The van der Waals surface area contributed by atoms with Gasteiger partial charge in [-0.15, -0.1) is 0 Å². The minimum absolute atomic E-state index is 0.122. The largest absolute Gasteiger partial charge is 0.370 e. The van der Waals surface area contributed by atoms with Gasteiger partial charge in [0.1, 0.15) is 23.8 Å². The van der Waals surface area contributed by atoms with E-state index in [0.717, 1.165) is 60.8 Å². The van der Waals surface area contributed by atoms with Crippen LogP contribution >= 0.6 is 23.2 Å². The van der Waals surface area contributed by atoms with Gasteiger partial charge in [-0.05, 0) is 37.0 Å². The zero-order valence-electron chi connectivity index (χ0n) is 16.9. The van der Waals surface area contributed by atoms with Gasteiger partial charge in [-0.3, -0.25) is 0 Å². The minimum atomic E-state index is 0.122. The van der Waals surface area contributed by atoms with Gasteiger partial charge >= 0.3 is 0 Å². The van der Waals surface area contributed by atoms with Crippen molar-refractivity contribution in [2.75, 3.05) is 23.3 Å². The Labute approximate surface area is 190 Å². The highest BCUT2D eigenvalue weighted by Gasteiger charge is 2.30. The highest BCUT2D eigenvalue weighted by molar-refractivity contribution is 6.42. The van der Waals surface area contributed by atoms with Gasteiger partial charge in [-0.2, -0.15) is 0 Å². The van der Waals surface area contributed by atoms with Gasteiger partial charge in [0.15, 0.2) is 0 Å². The third-order valence-corrected chi connectivity index (χ3v) is 6.34. The standard InChI is InChI=1S/C23H22Cl2N6/c24-16-11-18-19(12-17(16)25)30-23(29-18)20-7-4-10-31(20)22-13-21(27-14-28-22)26-9-8-15-5-2-1-3-6-15/h1-3,5-6,11-14,20H,4,7-10H2,(H,29,30)(H,26,27,28)/t20-/m0/s1. The lowest BCUT2D eigenvalue weighted by Gasteiger charge is -2.24. The van der Waals surface area contributed by atoms with Crippen LogP contribution in [0, 0.1) is 0 Å². The number of nitrogens with zero attached hydrogens (tertiary/aromatic N) is 4. The van der Waals surface area contributed by atoms with Gasteiger partial charge < -0.3 is 15.2 Å². The molecule has 0 saturated carbocycles. The number of anilines is 2. The van der Waals surface area contributed by atoms with E-state index >= 15 is 0 Å². The Balaban J connectivity index is 1.33. The average molecular weight is 453 g/mol. The number of halogens is 2. The average Bonchev–Trinajstić information content (AvgIpc) is 3.42. The molecule has 0 amide bonds. The summed E-state index contributed by atoms with van der Waals surface area (Å²) in [5, 5.41) is 4.45. The maximum absolute atomic E-state index is 6.17. The Morgan fingerprint density at radius 1 is 1.06 bits per heavy atom. The van der Waals surface area contributed by atoms with Crippen LogP contribution < -0.4 is 10.2 Å². The molecular weight excluding hydrogens is 431 g/mol. The molecule has 6 nitrogen and oxygen atoms in total. The Kier molecular flexibility index (Phi) is 5.66. The second kappa shape index (κ2) is 8.73. The Hall–Kier alpha value is -2.83. The van der Waals surface area contributed by atoms with Crippen LogP contribution in [0.1, 0.15) is 30.3 Å². The molecule has 1 aliphatic heterocycles. The highest BCUT2D eigenvalue weighted by atomic mass is 35.5. The second-order valence-corrected chi connectivity index (χ2v) is 8.50. The molecule has 1 atom stereocenters. The summed E-state index contributed by atoms with van der Waals surface area (Å²) in [6, 6.07) is 16.2. The normalized spacial score (nSPS) is 16.2. The maximum Gasteiger partial charge on any atom is 0.134 e. The molecule has 1 fully saturated rings. The molecule has 4 aromatic rings. The lowest BCUT2D eigenvalue weighted by Crippen LogP contribution is -2.24. The molecule has 31 heavy (non-hydrogen) atoms. The number of benzene rings is 2. The fourth-order valence-electron chi connectivity index (χ4n) is 4.09. The maximum atomic E-state index is 6.17. The van der Waals surface area contributed by atoms with E-state index in [1.165, 1.54) is 5.56 Å². The number of H-pyrrole nitrogens is 1. The summed E-state index contributed by atoms with van der Waals surface area (Å²) in [7, 11) is 0. The molecule has 0 unspecified atom stereocenters. The quantitative estimate of drug-likeness (QED) is 0.395. The first-order chi connectivity index (χ1) is 15.2. The number of imidazole rings is 1. The van der Waals surface area contributed by atoms with Crippen LogP contribution in [0.25, 0.3) is 11.0 Å². The number of aromatic nitrogens is 4. The fourth-order valence-corrected chi connectivity index (χ4v) is 4.41. The van der Waals surface area contributed by atoms with Crippen LogP contribution in [-0.2, 0) is 6.42 Å². The van der Waals surface area contributed by atoms with Crippen LogP contribution in [-0.4, -0.2) is 33.0 Å². The lowest BCUT2D eigenvalue weighted by molar-refractivity contribution is 0.672. The van der Waals surface area contributed by atoms with E-state index in [2.05, 4.69) is 49.4 Å². The van der Waals surface area contributed by atoms with Crippen molar-refractivity contribution in [2.24, 2.45) is 0 Å². The van der Waals surface area contributed by atoms with Crippen molar-refractivity contribution in [1.29, 1.82) is 0 Å². The Morgan fingerprint density at radius 3 is 2.77 bits per heavy atom. The molecule has 2 N–H and O–H groups in total. The summed E-state index contributed by atoms with van der Waals surface area (Å²) in [4.78, 5) is 19.4. The second-order valence-electron chi connectivity index (χ2n) is 7.68. The van der Waals surface area contributed by atoms with Crippen LogP contribution in [0.2, 0.25) is 10.0 Å². The Bertz CT molecular complexity index is 1150. The van der Waals surface area contributed by atoms with E-state index in [4.69, 9.17) is 28.2 Å². The van der Waals surface area contributed by atoms with E-state index in [0.29, 0.717) is 10.0 Å². The summed E-state index contributed by atoms with van der Waals surface area (Å²) in [5.74, 6) is 2.63. The van der Waals surface area contributed by atoms with E-state index in [1.54, 1.807) is 12.4 Å². The predicted molar refractivity (Wildman–Crippen MR) is 126 cm³/mol. The first-order valence-electron chi connectivity index (χ1n) is 10.4. The zero-order valence-corrected chi connectivity index (χ0v) is 18.4. The van der Waals surface area contributed by atoms with Crippen LogP contribution in [0.4, 0.5) is 11.6 Å². The smallest absolute Gasteiger partial charge is 0.134 e. The minimum Gasteiger partial charge on any atom is -0.370 e. The molecule has 0 radical (unpaired) electrons. The number of nitrogens with one attached hydrogen (secondary N) is 2. The molecule has 158 valence electrons. The van der Waals surface area contributed by atoms with Crippen molar-refractivity contribution in [2.45, 2.75) is 25.3 Å². The molecule has 1 aliphatic rings. The molecule has 0 bridgehead atoms. The van der Waals surface area contributed by atoms with Crippen molar-refractivity contribution in [3.8, 4) is 0 Å². The molecule has 5 rings (SSSR count). The number of hydrogen-bond donors (Lipinski definition) is 2. The first-order valence-corrected chi connectivity index (χ1v) is 11.1. The monoisotopic (exact) mass is 452 g/mol. The van der Waals surface area contributed by atoms with Crippen molar-refractivity contribution in [3.05, 3.63) is 76.3 Å². The molecule has 2 aromatic heterocycles. The summed E-state index contributed by atoms with van der Waals surface area (Å²) in [6.45, 7) is 1.73. The summed E-state index contributed by atoms with van der Waals surface area (Å²) in [5.41, 5.74) is 3.01. The van der Waals surface area contributed by atoms with Crippen molar-refractivity contribution in [1.82, 2.24) is 19.9 Å². The zero-order chi connectivity index (χ0) is 21.2. The third kappa shape index (κ3) is 4.31. The molecule has 2 aromatic carbocycles. The summed E-state index contributed by atoms with van der Waals surface area (Å²) >= 11 is 12.3. The molecule has 1 saturated heterocycles. The van der Waals surface area contributed by atoms with Gasteiger partial charge in [0.2, 0.25) is 0 Å². The molecular formula is C23H22Cl2N6. The van der Waals surface area contributed by atoms with Gasteiger partial charge in [0, 0.05) is 19.2 Å². The molecule has 3 heterocycles. The van der Waals surface area contributed by atoms with E-state index in [9.17, 15) is 0 Å². The number of fused-ring (bicyclic) bond motifs is 1. The van der Waals surface area contributed by atoms with Crippen molar-refractivity contribution < 1.29 is 0 Å². The number of hydrogen-bond acceptors (Lipinski definition) is 5. The van der Waals surface area contributed by atoms with Crippen molar-refractivity contribution >= 4 is 45.9 Å². The van der Waals surface area contributed by atoms with E-state index < -0.39 is 0 Å². The van der Waals surface area contributed by atoms with Gasteiger partial charge in [-0.25, -0.2) is 15.0 Å². The summed E-state index contributed by atoms with van der Waals surface area (Å²) < 4.78 is 0. The molecule has 8 heteroatoms. The first kappa shape index (κ1) is 20.1. The molecule has 0 spiro atoms. The Morgan fingerprint density at radius 2 is 1.90 bits per heavy atom. The third-order valence-electron chi connectivity index (χ3n) is 5.62. The SMILES string of the molecule is Clc1cc2nc([C@@H]3CCCN3c3cc(NCCc4ccccc4)ncn3)[nH]c2cc1Cl. The predicted octanol–water partition coefficient (Wildman–Crippen LogP) is 5.66. The summed E-state index contributed by atoms with van der Waals surface area (Å²) in [6.07, 6.45) is 4.64. The van der Waals surface area contributed by atoms with Crippen LogP contribution in [0.3, 0.4) is 0 Å². The lowest BCUT2D eigenvalue weighted by atomic mass is 10.1.